The minimum Gasteiger partial charge on any atom is -0.373 e. The molecular weight excluding hydrogens is 546 g/mol. The molecule has 0 spiro atoms. The molecule has 0 atom stereocenters. The number of halogens is 1. The number of rotatable bonds is 2. The second-order valence-electron chi connectivity index (χ2n) is 6.56. The molecule has 0 aliphatic heterocycles. The number of aromatic nitrogens is 3. The van der Waals surface area contributed by atoms with Gasteiger partial charge in [0.1, 0.15) is 5.69 Å². The van der Waals surface area contributed by atoms with Gasteiger partial charge in [-0.1, -0.05) is 84.0 Å². The van der Waals surface area contributed by atoms with Gasteiger partial charge in [0, 0.05) is 9.14 Å². The molecule has 6 nitrogen and oxygen atoms in total. The van der Waals surface area contributed by atoms with Crippen LogP contribution in [-0.2, 0) is 0 Å². The van der Waals surface area contributed by atoms with E-state index in [0.29, 0.717) is 0 Å². The van der Waals surface area contributed by atoms with Gasteiger partial charge in [0.25, 0.3) is 0 Å². The van der Waals surface area contributed by atoms with E-state index in [-0.39, 0.29) is 29.6 Å². The second-order valence-corrected chi connectivity index (χ2v) is 7.81. The summed E-state index contributed by atoms with van der Waals surface area (Å²) in [5.74, 6) is 2.56. The number of terminal acetylenes is 1. The van der Waals surface area contributed by atoms with E-state index in [4.69, 9.17) is 17.5 Å². The molecule has 0 radical (unpaired) electrons. The van der Waals surface area contributed by atoms with E-state index in [2.05, 4.69) is 75.3 Å². The van der Waals surface area contributed by atoms with Crippen LogP contribution in [-0.4, -0.2) is 15.0 Å². The van der Waals surface area contributed by atoms with Crippen LogP contribution < -0.4 is 29.6 Å². The normalized spacial score (nSPS) is 12.0. The maximum absolute atomic E-state index is 6.75. The van der Waals surface area contributed by atoms with Crippen LogP contribution in [0.15, 0.2) is 109 Å². The van der Waals surface area contributed by atoms with Crippen molar-refractivity contribution < 1.29 is 29.6 Å². The first-order valence-corrected chi connectivity index (χ1v) is 11.1. The Bertz CT molecular complexity index is 1200. The Balaban J connectivity index is 0.000000269. The molecule has 164 valence electrons. The van der Waals surface area contributed by atoms with Crippen LogP contribution in [0.3, 0.4) is 0 Å². The average molecular weight is 568 g/mol. The fourth-order valence-corrected chi connectivity index (χ4v) is 3.14. The van der Waals surface area contributed by atoms with Crippen LogP contribution in [0.25, 0.3) is 27.2 Å². The Morgan fingerprint density at radius 2 is 1.50 bits per heavy atom. The number of para-hydroxylation sites is 1. The van der Waals surface area contributed by atoms with Crippen molar-refractivity contribution in [3.05, 3.63) is 134 Å². The molecule has 0 saturated carbocycles. The van der Waals surface area contributed by atoms with E-state index in [1.807, 2.05) is 66.9 Å². The molecule has 0 N–H and O–H groups in total. The van der Waals surface area contributed by atoms with Crippen molar-refractivity contribution in [2.24, 2.45) is 0 Å². The molecule has 0 saturated heterocycles. The third kappa shape index (κ3) is 10.8. The first-order chi connectivity index (χ1) is 16.2. The van der Waals surface area contributed by atoms with Gasteiger partial charge in [0.2, 0.25) is 0 Å². The zero-order valence-electron chi connectivity index (χ0n) is 18.9. The molecule has 2 aromatic carbocycles. The number of nitrogens with zero attached hydrogens (tertiary/aromatic N) is 6. The summed E-state index contributed by atoms with van der Waals surface area (Å²) in [6.07, 6.45) is 21.2. The summed E-state index contributed by atoms with van der Waals surface area (Å²) in [5, 5.41) is 8.31. The summed E-state index contributed by atoms with van der Waals surface area (Å²) < 4.78 is 3.09. The summed E-state index contributed by atoms with van der Waals surface area (Å²) in [4.78, 5) is 1.50. The molecule has 5 rings (SSSR count). The van der Waals surface area contributed by atoms with Crippen molar-refractivity contribution >= 4 is 28.2 Å². The molecule has 2 aliphatic rings. The van der Waals surface area contributed by atoms with Crippen molar-refractivity contribution in [2.75, 3.05) is 0 Å². The minimum absolute atomic E-state index is 0. The predicted octanol–water partition coefficient (Wildman–Crippen LogP) is 4.28. The van der Waals surface area contributed by atoms with Crippen molar-refractivity contribution in [1.29, 1.82) is 0 Å². The quantitative estimate of drug-likeness (QED) is 0.115. The Hall–Kier alpha value is -2.86. The van der Waals surface area contributed by atoms with Crippen molar-refractivity contribution in [3.8, 4) is 18.0 Å². The Labute approximate surface area is 236 Å². The second kappa shape index (κ2) is 17.6. The van der Waals surface area contributed by atoms with E-state index in [0.717, 1.165) is 29.8 Å². The molecule has 34 heavy (non-hydrogen) atoms. The van der Waals surface area contributed by atoms with E-state index < -0.39 is 0 Å². The van der Waals surface area contributed by atoms with Crippen molar-refractivity contribution in [2.45, 2.75) is 12.8 Å². The van der Waals surface area contributed by atoms with Crippen LogP contribution in [0.4, 0.5) is 0 Å². The number of hydrogen-bond donors (Lipinski definition) is 0. The molecule has 0 amide bonds. The predicted molar refractivity (Wildman–Crippen MR) is 143 cm³/mol. The number of benzene rings is 2. The number of hydrogen-bond acceptors (Lipinski definition) is 2. The van der Waals surface area contributed by atoms with Crippen LogP contribution in [0.5, 0.6) is 0 Å². The number of allylic oxidation sites excluding steroid dienone is 8. The molecular formula is C26H22IN6Na. The van der Waals surface area contributed by atoms with E-state index in [1.165, 1.54) is 14.1 Å². The van der Waals surface area contributed by atoms with Gasteiger partial charge < -0.3 is 11.1 Å². The first kappa shape index (κ1) is 29.2. The van der Waals surface area contributed by atoms with Gasteiger partial charge in [-0.3, -0.25) is 4.91 Å². The topological polar surface area (TPSA) is 89.4 Å². The smallest absolute Gasteiger partial charge is 0.373 e. The zero-order valence-corrected chi connectivity index (χ0v) is 23.0. The third-order valence-corrected chi connectivity index (χ3v) is 5.02. The SMILES string of the molecule is C#CC1=CC=CC1.C1=CCC(c2cn(-c3ccccc3)nn2)=C1.Ic1ccccc1.[N-]=[N+]=[N-].[Na+]. The standard InChI is InChI=1S/C13H11N3.C7H6.C6H5I.N3.Na/c1-2-8-12(9-3-1)16-10-13(14-15-16)11-6-4-5-7-11;1-2-7-5-3-4-6-7;7-6-4-2-1-3-5-6;1-3-2;/h1-6,8-10H,7H2;1,3-5H,6H2;1-5H;;/q;;;-1;+1. The molecule has 0 fully saturated rings. The third-order valence-electron chi connectivity index (χ3n) is 4.30. The molecule has 0 unspecified atom stereocenters. The molecule has 3 aromatic rings. The van der Waals surface area contributed by atoms with Gasteiger partial charge in [-0.25, -0.2) is 4.68 Å². The largest absolute Gasteiger partial charge is 1.00 e. The van der Waals surface area contributed by atoms with Gasteiger partial charge in [-0.15, -0.1) is 11.5 Å². The molecule has 2 aliphatic carbocycles. The van der Waals surface area contributed by atoms with Crippen molar-refractivity contribution in [3.63, 3.8) is 0 Å². The van der Waals surface area contributed by atoms with Gasteiger partial charge in [0.05, 0.1) is 11.9 Å². The molecule has 0 bridgehead atoms. The zero-order chi connectivity index (χ0) is 23.7. The summed E-state index contributed by atoms with van der Waals surface area (Å²) >= 11 is 2.28. The minimum atomic E-state index is 0. The van der Waals surface area contributed by atoms with Gasteiger partial charge in [-0.05, 0) is 65.3 Å². The summed E-state index contributed by atoms with van der Waals surface area (Å²) in [7, 11) is 0. The fraction of sp³-hybridized carbons (Fsp3) is 0.0769. The monoisotopic (exact) mass is 568 g/mol. The van der Waals surface area contributed by atoms with Gasteiger partial charge in [-0.2, -0.15) is 0 Å². The van der Waals surface area contributed by atoms with E-state index in [9.17, 15) is 0 Å². The molecule has 1 aromatic heterocycles. The van der Waals surface area contributed by atoms with Gasteiger partial charge >= 0.3 is 29.6 Å². The van der Waals surface area contributed by atoms with Crippen LogP contribution in [0.1, 0.15) is 18.5 Å². The summed E-state index contributed by atoms with van der Waals surface area (Å²) in [6, 6.07) is 20.2. The Morgan fingerprint density at radius 3 is 1.94 bits per heavy atom. The summed E-state index contributed by atoms with van der Waals surface area (Å²) in [5.41, 5.74) is 17.8. The van der Waals surface area contributed by atoms with Crippen LogP contribution in [0, 0.1) is 15.9 Å². The average Bonchev–Trinajstić information content (AvgIpc) is 3.64. The maximum Gasteiger partial charge on any atom is 1.00 e. The van der Waals surface area contributed by atoms with E-state index >= 15 is 0 Å². The first-order valence-electron chi connectivity index (χ1n) is 10.0. The maximum atomic E-state index is 6.75. The molecule has 8 heteroatoms. The molecule has 1 heterocycles. The summed E-state index contributed by atoms with van der Waals surface area (Å²) in [6.45, 7) is 0. The Kier molecular flexibility index (Phi) is 15.1. The fourth-order valence-electron chi connectivity index (χ4n) is 2.72. The van der Waals surface area contributed by atoms with Crippen LogP contribution in [0.2, 0.25) is 0 Å². The van der Waals surface area contributed by atoms with Crippen molar-refractivity contribution in [1.82, 2.24) is 15.0 Å². The van der Waals surface area contributed by atoms with E-state index in [1.54, 1.807) is 4.68 Å². The Morgan fingerprint density at radius 1 is 0.912 bits per heavy atom. The van der Waals surface area contributed by atoms with Gasteiger partial charge in [0.15, 0.2) is 0 Å². The van der Waals surface area contributed by atoms with Crippen LogP contribution >= 0.6 is 22.6 Å².